The lowest BCUT2D eigenvalue weighted by Gasteiger charge is -2.18. The largest absolute Gasteiger partial charge is 0.354 e. The summed E-state index contributed by atoms with van der Waals surface area (Å²) in [4.78, 5) is 1.28. The zero-order chi connectivity index (χ0) is 11.7. The molecule has 1 heterocycles. The number of rotatable bonds is 1. The first-order valence-corrected chi connectivity index (χ1v) is 6.51. The highest BCUT2D eigenvalue weighted by Gasteiger charge is 2.10. The Morgan fingerprint density at radius 2 is 1.71 bits per heavy atom. The molecule has 84 valence electrons. The van der Waals surface area contributed by atoms with Gasteiger partial charge < -0.3 is 5.32 Å². The molecule has 3 rings (SSSR count). The average molecular weight is 239 g/mol. The number of fused-ring (bicyclic) bond motifs is 1. The van der Waals surface area contributed by atoms with E-state index in [2.05, 4.69) is 66.2 Å². The summed E-state index contributed by atoms with van der Waals surface area (Å²) in [7, 11) is 0. The summed E-state index contributed by atoms with van der Waals surface area (Å²) in [6.45, 7) is 2.11. The third-order valence-electron chi connectivity index (χ3n) is 2.82. The van der Waals surface area contributed by atoms with Crippen LogP contribution in [0.4, 0.5) is 5.69 Å². The minimum atomic E-state index is 1.17. The molecule has 0 spiro atoms. The van der Waals surface area contributed by atoms with Crippen LogP contribution >= 0.6 is 11.8 Å². The molecular formula is C15H13NS. The van der Waals surface area contributed by atoms with E-state index in [-0.39, 0.29) is 0 Å². The highest BCUT2D eigenvalue weighted by atomic mass is 32.2. The van der Waals surface area contributed by atoms with Crippen molar-refractivity contribution < 1.29 is 0 Å². The zero-order valence-corrected chi connectivity index (χ0v) is 10.4. The summed E-state index contributed by atoms with van der Waals surface area (Å²) >= 11 is 1.77. The Labute approximate surface area is 106 Å². The van der Waals surface area contributed by atoms with E-state index in [4.69, 9.17) is 0 Å². The molecule has 1 nitrogen and oxygen atoms in total. The maximum Gasteiger partial charge on any atom is 0.0526 e. The zero-order valence-electron chi connectivity index (χ0n) is 9.60. The highest BCUT2D eigenvalue weighted by Crippen LogP contribution is 2.36. The summed E-state index contributed by atoms with van der Waals surface area (Å²) in [5.74, 6) is 0. The number of hydrogen-bond donors (Lipinski definition) is 1. The summed E-state index contributed by atoms with van der Waals surface area (Å²) in [5, 5.41) is 5.65. The molecule has 0 saturated heterocycles. The second kappa shape index (κ2) is 4.30. The Hall–Kier alpha value is -1.67. The Balaban J connectivity index is 1.93. The predicted octanol–water partition coefficient (Wildman–Crippen LogP) is 4.51. The average Bonchev–Trinajstić information content (AvgIpc) is 2.39. The van der Waals surface area contributed by atoms with Crippen molar-refractivity contribution in [3.63, 3.8) is 0 Å². The maximum absolute atomic E-state index is 3.47. The van der Waals surface area contributed by atoms with Crippen LogP contribution < -0.4 is 5.32 Å². The molecule has 0 atom stereocenters. The van der Waals surface area contributed by atoms with Gasteiger partial charge in [0.25, 0.3) is 0 Å². The SMILES string of the molecule is Cc1ccc(C2=CSc3ccccc3N2)cc1. The fourth-order valence-corrected chi connectivity index (χ4v) is 2.69. The molecule has 0 unspecified atom stereocenters. The third-order valence-corrected chi connectivity index (χ3v) is 3.79. The smallest absolute Gasteiger partial charge is 0.0526 e. The van der Waals surface area contributed by atoms with Crippen LogP contribution in [-0.4, -0.2) is 0 Å². The lowest BCUT2D eigenvalue weighted by atomic mass is 10.1. The second-order valence-electron chi connectivity index (χ2n) is 4.14. The van der Waals surface area contributed by atoms with E-state index in [0.717, 1.165) is 0 Å². The Morgan fingerprint density at radius 1 is 0.941 bits per heavy atom. The summed E-state index contributed by atoms with van der Waals surface area (Å²) in [6, 6.07) is 17.0. The van der Waals surface area contributed by atoms with Crippen molar-refractivity contribution >= 4 is 23.1 Å². The lowest BCUT2D eigenvalue weighted by molar-refractivity contribution is 1.39. The molecule has 2 heteroatoms. The third kappa shape index (κ3) is 2.08. The van der Waals surface area contributed by atoms with Crippen molar-refractivity contribution in [2.24, 2.45) is 0 Å². The van der Waals surface area contributed by atoms with Crippen LogP contribution in [0.3, 0.4) is 0 Å². The fourth-order valence-electron chi connectivity index (χ4n) is 1.84. The van der Waals surface area contributed by atoms with Crippen LogP contribution in [0.1, 0.15) is 11.1 Å². The number of nitrogens with one attached hydrogen (secondary N) is 1. The Morgan fingerprint density at radius 3 is 2.53 bits per heavy atom. The predicted molar refractivity (Wildman–Crippen MR) is 75.1 cm³/mol. The summed E-state index contributed by atoms with van der Waals surface area (Å²) in [5.41, 5.74) is 4.89. The van der Waals surface area contributed by atoms with Crippen LogP contribution in [0.25, 0.3) is 5.70 Å². The van der Waals surface area contributed by atoms with Gasteiger partial charge in [-0.3, -0.25) is 0 Å². The van der Waals surface area contributed by atoms with Crippen molar-refractivity contribution in [2.45, 2.75) is 11.8 Å². The van der Waals surface area contributed by atoms with E-state index < -0.39 is 0 Å². The van der Waals surface area contributed by atoms with Gasteiger partial charge >= 0.3 is 0 Å². The molecule has 0 aromatic heterocycles. The molecule has 17 heavy (non-hydrogen) atoms. The molecule has 0 fully saturated rings. The van der Waals surface area contributed by atoms with E-state index in [1.165, 1.54) is 27.4 Å². The van der Waals surface area contributed by atoms with Crippen molar-refractivity contribution in [3.8, 4) is 0 Å². The van der Waals surface area contributed by atoms with Gasteiger partial charge in [-0.15, -0.1) is 0 Å². The minimum Gasteiger partial charge on any atom is -0.354 e. The van der Waals surface area contributed by atoms with Gasteiger partial charge in [0, 0.05) is 10.3 Å². The number of para-hydroxylation sites is 1. The molecule has 0 bridgehead atoms. The lowest BCUT2D eigenvalue weighted by Crippen LogP contribution is -2.02. The first kappa shape index (κ1) is 10.5. The molecular weight excluding hydrogens is 226 g/mol. The van der Waals surface area contributed by atoms with Crippen molar-refractivity contribution in [1.82, 2.24) is 0 Å². The van der Waals surface area contributed by atoms with Crippen LogP contribution in [0, 0.1) is 6.92 Å². The van der Waals surface area contributed by atoms with Crippen molar-refractivity contribution in [1.29, 1.82) is 0 Å². The van der Waals surface area contributed by atoms with Gasteiger partial charge in [-0.05, 0) is 24.6 Å². The van der Waals surface area contributed by atoms with E-state index in [1.807, 2.05) is 0 Å². The van der Waals surface area contributed by atoms with Gasteiger partial charge in [-0.2, -0.15) is 0 Å². The molecule has 1 aliphatic rings. The topological polar surface area (TPSA) is 12.0 Å². The van der Waals surface area contributed by atoms with Crippen molar-refractivity contribution in [3.05, 3.63) is 65.1 Å². The first-order valence-electron chi connectivity index (χ1n) is 5.63. The minimum absolute atomic E-state index is 1.17. The van der Waals surface area contributed by atoms with E-state index in [9.17, 15) is 0 Å². The normalized spacial score (nSPS) is 13.6. The Bertz CT molecular complexity index is 570. The van der Waals surface area contributed by atoms with E-state index in [0.29, 0.717) is 0 Å². The molecule has 0 aliphatic carbocycles. The van der Waals surface area contributed by atoms with E-state index in [1.54, 1.807) is 11.8 Å². The molecule has 0 radical (unpaired) electrons. The summed E-state index contributed by atoms with van der Waals surface area (Å²) < 4.78 is 0. The van der Waals surface area contributed by atoms with Crippen LogP contribution in [-0.2, 0) is 0 Å². The van der Waals surface area contributed by atoms with E-state index >= 15 is 0 Å². The maximum atomic E-state index is 3.47. The fraction of sp³-hybridized carbons (Fsp3) is 0.0667. The molecule has 2 aromatic rings. The van der Waals surface area contributed by atoms with Gasteiger partial charge in [0.05, 0.1) is 11.4 Å². The standard InChI is InChI=1S/C15H13NS/c1-11-6-8-12(9-7-11)14-10-17-15-5-3-2-4-13(15)16-14/h2-10,16H,1H3. The number of aryl methyl sites for hydroxylation is 1. The number of benzene rings is 2. The number of anilines is 1. The van der Waals surface area contributed by atoms with Crippen molar-refractivity contribution in [2.75, 3.05) is 5.32 Å². The number of thioether (sulfide) groups is 1. The van der Waals surface area contributed by atoms with Crippen LogP contribution in [0.15, 0.2) is 58.8 Å². The quantitative estimate of drug-likeness (QED) is 0.785. The van der Waals surface area contributed by atoms with Gasteiger partial charge in [0.1, 0.15) is 0 Å². The van der Waals surface area contributed by atoms with Gasteiger partial charge in [0.15, 0.2) is 0 Å². The molecule has 0 amide bonds. The van der Waals surface area contributed by atoms with Crippen LogP contribution in [0.2, 0.25) is 0 Å². The Kier molecular flexibility index (Phi) is 2.65. The van der Waals surface area contributed by atoms with Gasteiger partial charge in [-0.25, -0.2) is 0 Å². The monoisotopic (exact) mass is 239 g/mol. The molecule has 1 N–H and O–H groups in total. The summed E-state index contributed by atoms with van der Waals surface area (Å²) in [6.07, 6.45) is 0. The second-order valence-corrected chi connectivity index (χ2v) is 5.05. The molecule has 1 aliphatic heterocycles. The highest BCUT2D eigenvalue weighted by molar-refractivity contribution is 8.02. The molecule has 2 aromatic carbocycles. The number of hydrogen-bond acceptors (Lipinski definition) is 2. The van der Waals surface area contributed by atoms with Gasteiger partial charge in [0.2, 0.25) is 0 Å². The van der Waals surface area contributed by atoms with Gasteiger partial charge in [-0.1, -0.05) is 53.7 Å². The first-order chi connectivity index (χ1) is 8.33. The van der Waals surface area contributed by atoms with Crippen LogP contribution in [0.5, 0.6) is 0 Å². The molecule has 0 saturated carbocycles.